The lowest BCUT2D eigenvalue weighted by molar-refractivity contribution is -0.117. The molecule has 19 heavy (non-hydrogen) atoms. The fraction of sp³-hybridized carbons (Fsp3) is 0.333. The largest absolute Gasteiger partial charge is 0.326 e. The number of carbonyl (C=O) groups is 2. The molecule has 2 aliphatic rings. The van der Waals surface area contributed by atoms with Gasteiger partial charge in [-0.15, -0.1) is 24.2 Å². The highest BCUT2D eigenvalue weighted by atomic mass is 35.5. The quantitative estimate of drug-likeness (QED) is 0.767. The summed E-state index contributed by atoms with van der Waals surface area (Å²) in [5, 5.41) is 8.76. The van der Waals surface area contributed by atoms with Crippen molar-refractivity contribution in [3.05, 3.63) is 23.8 Å². The number of nitrogens with one attached hydrogen (secondary N) is 3. The molecule has 2 amide bonds. The maximum Gasteiger partial charge on any atom is 0.242 e. The van der Waals surface area contributed by atoms with Gasteiger partial charge in [0.15, 0.2) is 0 Å². The summed E-state index contributed by atoms with van der Waals surface area (Å²) in [6.45, 7) is 0. The molecule has 5 nitrogen and oxygen atoms in total. The van der Waals surface area contributed by atoms with Crippen LogP contribution in [-0.2, 0) is 16.0 Å². The van der Waals surface area contributed by atoms with Crippen molar-refractivity contribution < 1.29 is 9.59 Å². The Morgan fingerprint density at radius 1 is 1.42 bits per heavy atom. The highest BCUT2D eigenvalue weighted by Crippen LogP contribution is 2.26. The van der Waals surface area contributed by atoms with E-state index < -0.39 is 0 Å². The Hall–Kier alpha value is -1.24. The lowest BCUT2D eigenvalue weighted by Crippen LogP contribution is -2.37. The van der Waals surface area contributed by atoms with Crippen LogP contribution in [0.4, 0.5) is 11.4 Å². The molecule has 0 bridgehead atoms. The second-order valence-electron chi connectivity index (χ2n) is 4.36. The molecular formula is C12H14ClN3O2S. The van der Waals surface area contributed by atoms with Gasteiger partial charge in [-0.05, 0) is 23.8 Å². The standard InChI is InChI=1S/C12H13N3O2S.ClH/c16-11-4-7-3-8(1-2-9(7)15-11)14-12(17)10-5-18-6-13-10;/h1-3,10,13H,4-6H2,(H,14,17)(H,15,16);1H. The zero-order valence-corrected chi connectivity index (χ0v) is 11.7. The maximum absolute atomic E-state index is 11.9. The molecule has 0 spiro atoms. The van der Waals surface area contributed by atoms with Crippen molar-refractivity contribution in [3.8, 4) is 0 Å². The van der Waals surface area contributed by atoms with Crippen LogP contribution in [0.3, 0.4) is 0 Å². The Bertz CT molecular complexity index is 518. The summed E-state index contributed by atoms with van der Waals surface area (Å²) in [7, 11) is 0. The third kappa shape index (κ3) is 3.02. The van der Waals surface area contributed by atoms with Gasteiger partial charge in [0.2, 0.25) is 11.8 Å². The monoisotopic (exact) mass is 299 g/mol. The summed E-state index contributed by atoms with van der Waals surface area (Å²) in [6.07, 6.45) is 0.385. The Morgan fingerprint density at radius 3 is 3.00 bits per heavy atom. The van der Waals surface area contributed by atoms with Gasteiger partial charge in [-0.1, -0.05) is 0 Å². The number of thioether (sulfide) groups is 1. The fourth-order valence-corrected chi connectivity index (χ4v) is 3.04. The molecule has 1 aromatic carbocycles. The average molecular weight is 300 g/mol. The van der Waals surface area contributed by atoms with Crippen molar-refractivity contribution in [2.75, 3.05) is 22.3 Å². The molecular weight excluding hydrogens is 286 g/mol. The van der Waals surface area contributed by atoms with E-state index in [0.29, 0.717) is 6.42 Å². The summed E-state index contributed by atoms with van der Waals surface area (Å²) < 4.78 is 0. The van der Waals surface area contributed by atoms with Crippen LogP contribution >= 0.6 is 24.2 Å². The van der Waals surface area contributed by atoms with Crippen molar-refractivity contribution in [1.82, 2.24) is 5.32 Å². The third-order valence-corrected chi connectivity index (χ3v) is 3.97. The molecule has 1 unspecified atom stereocenters. The second kappa shape index (κ2) is 5.81. The smallest absolute Gasteiger partial charge is 0.242 e. The SMILES string of the molecule is Cl.O=C1Cc2cc(NC(=O)C3CSCN3)ccc2N1. The Balaban J connectivity index is 0.00000133. The summed E-state index contributed by atoms with van der Waals surface area (Å²) in [5.74, 6) is 1.61. The molecule has 1 atom stereocenters. The first-order valence-corrected chi connectivity index (χ1v) is 6.92. The molecule has 3 rings (SSSR count). The van der Waals surface area contributed by atoms with Gasteiger partial charge in [-0.25, -0.2) is 0 Å². The van der Waals surface area contributed by atoms with Gasteiger partial charge >= 0.3 is 0 Å². The summed E-state index contributed by atoms with van der Waals surface area (Å²) in [4.78, 5) is 23.1. The van der Waals surface area contributed by atoms with Crippen molar-refractivity contribution in [2.24, 2.45) is 0 Å². The summed E-state index contributed by atoms with van der Waals surface area (Å²) in [6, 6.07) is 5.37. The van der Waals surface area contributed by atoms with Crippen LogP contribution in [0.15, 0.2) is 18.2 Å². The fourth-order valence-electron chi connectivity index (χ4n) is 2.10. The van der Waals surface area contributed by atoms with Crippen LogP contribution in [-0.4, -0.2) is 29.5 Å². The van der Waals surface area contributed by atoms with Gasteiger partial charge < -0.3 is 10.6 Å². The molecule has 0 radical (unpaired) electrons. The zero-order valence-electron chi connectivity index (χ0n) is 10.1. The average Bonchev–Trinajstić information content (AvgIpc) is 2.95. The van der Waals surface area contributed by atoms with Gasteiger partial charge in [0, 0.05) is 23.0 Å². The van der Waals surface area contributed by atoms with E-state index in [1.54, 1.807) is 11.8 Å². The highest BCUT2D eigenvalue weighted by molar-refractivity contribution is 7.99. The van der Waals surface area contributed by atoms with Crippen LogP contribution in [0.1, 0.15) is 5.56 Å². The summed E-state index contributed by atoms with van der Waals surface area (Å²) in [5.41, 5.74) is 2.52. The number of hydrogen-bond donors (Lipinski definition) is 3. The van der Waals surface area contributed by atoms with Crippen molar-refractivity contribution in [1.29, 1.82) is 0 Å². The number of anilines is 2. The van der Waals surface area contributed by atoms with E-state index in [1.807, 2.05) is 18.2 Å². The van der Waals surface area contributed by atoms with E-state index in [0.717, 1.165) is 28.6 Å². The van der Waals surface area contributed by atoms with Crippen molar-refractivity contribution in [3.63, 3.8) is 0 Å². The zero-order chi connectivity index (χ0) is 12.5. The first kappa shape index (κ1) is 14.2. The molecule has 0 aliphatic carbocycles. The number of amides is 2. The van der Waals surface area contributed by atoms with Crippen molar-refractivity contribution in [2.45, 2.75) is 12.5 Å². The van der Waals surface area contributed by atoms with E-state index in [9.17, 15) is 9.59 Å². The lowest BCUT2D eigenvalue weighted by Gasteiger charge is -2.11. The normalized spacial score (nSPS) is 20.4. The van der Waals surface area contributed by atoms with Crippen LogP contribution < -0.4 is 16.0 Å². The summed E-state index contributed by atoms with van der Waals surface area (Å²) >= 11 is 1.71. The van der Waals surface area contributed by atoms with E-state index in [1.165, 1.54) is 0 Å². The molecule has 2 aliphatic heterocycles. The van der Waals surface area contributed by atoms with Gasteiger partial charge in [0.05, 0.1) is 12.5 Å². The number of fused-ring (bicyclic) bond motifs is 1. The van der Waals surface area contributed by atoms with E-state index in [2.05, 4.69) is 16.0 Å². The van der Waals surface area contributed by atoms with Crippen molar-refractivity contribution >= 4 is 47.4 Å². The first-order chi connectivity index (χ1) is 8.72. The number of carbonyl (C=O) groups excluding carboxylic acids is 2. The minimum atomic E-state index is -0.122. The van der Waals surface area contributed by atoms with Gasteiger partial charge in [-0.3, -0.25) is 14.9 Å². The molecule has 102 valence electrons. The van der Waals surface area contributed by atoms with E-state index >= 15 is 0 Å². The first-order valence-electron chi connectivity index (χ1n) is 5.77. The lowest BCUT2D eigenvalue weighted by atomic mass is 10.1. The van der Waals surface area contributed by atoms with Crippen LogP contribution in [0.5, 0.6) is 0 Å². The van der Waals surface area contributed by atoms with Gasteiger partial charge in [0.25, 0.3) is 0 Å². The molecule has 0 saturated carbocycles. The Morgan fingerprint density at radius 2 is 2.26 bits per heavy atom. The molecule has 0 aromatic heterocycles. The molecule has 2 heterocycles. The van der Waals surface area contributed by atoms with Gasteiger partial charge in [-0.2, -0.15) is 0 Å². The number of benzene rings is 1. The third-order valence-electron chi connectivity index (χ3n) is 3.03. The minimum Gasteiger partial charge on any atom is -0.326 e. The highest BCUT2D eigenvalue weighted by Gasteiger charge is 2.23. The Labute approximate surface area is 121 Å². The van der Waals surface area contributed by atoms with E-state index in [-0.39, 0.29) is 30.3 Å². The van der Waals surface area contributed by atoms with Gasteiger partial charge in [0.1, 0.15) is 0 Å². The number of rotatable bonds is 2. The Kier molecular flexibility index (Phi) is 4.34. The topological polar surface area (TPSA) is 70.2 Å². The number of halogens is 1. The predicted octanol–water partition coefficient (Wildman–Crippen LogP) is 1.20. The molecule has 7 heteroatoms. The molecule has 1 saturated heterocycles. The second-order valence-corrected chi connectivity index (χ2v) is 5.39. The van der Waals surface area contributed by atoms with E-state index in [4.69, 9.17) is 0 Å². The minimum absolute atomic E-state index is 0. The molecule has 3 N–H and O–H groups in total. The number of hydrogen-bond acceptors (Lipinski definition) is 4. The predicted molar refractivity (Wildman–Crippen MR) is 78.9 cm³/mol. The maximum atomic E-state index is 11.9. The van der Waals surface area contributed by atoms with Crippen LogP contribution in [0.2, 0.25) is 0 Å². The molecule has 1 fully saturated rings. The van der Waals surface area contributed by atoms with Crippen LogP contribution in [0.25, 0.3) is 0 Å². The molecule has 1 aromatic rings. The van der Waals surface area contributed by atoms with Crippen LogP contribution in [0, 0.1) is 0 Å².